The van der Waals surface area contributed by atoms with Crippen LogP contribution in [0.15, 0.2) is 10.5 Å². The van der Waals surface area contributed by atoms with Crippen LogP contribution >= 0.6 is 11.3 Å². The molecule has 1 saturated heterocycles. The van der Waals surface area contributed by atoms with Gasteiger partial charge in [0.15, 0.2) is 16.6 Å². The third kappa shape index (κ3) is 3.59. The Morgan fingerprint density at radius 1 is 1.52 bits per heavy atom. The molecule has 0 bridgehead atoms. The largest absolute Gasteiger partial charge is 0.398 e. The van der Waals surface area contributed by atoms with Crippen LogP contribution in [0.3, 0.4) is 0 Å². The number of ketones is 1. The monoisotopic (exact) mass is 391 g/mol. The number of Topliss-reactive ketones (excluding diaryl/α,β-unsaturated/α-hetero) is 1. The van der Waals surface area contributed by atoms with Gasteiger partial charge in [-0.25, -0.2) is 9.29 Å². The molecule has 2 heterocycles. The molecule has 25 heavy (non-hydrogen) atoms. The minimum absolute atomic E-state index is 0.00571. The summed E-state index contributed by atoms with van der Waals surface area (Å²) in [6, 6.07) is -3.04. The molecular weight excluding hydrogens is 378 g/mol. The van der Waals surface area contributed by atoms with E-state index in [-0.39, 0.29) is 20.8 Å². The number of nitrogens with one attached hydrogen (secondary N) is 1. The summed E-state index contributed by atoms with van der Waals surface area (Å²) in [7, 11) is -3.75. The molecule has 14 heteroatoms. The Labute approximate surface area is 145 Å². The fourth-order valence-corrected chi connectivity index (χ4v) is 3.61. The second kappa shape index (κ2) is 6.73. The van der Waals surface area contributed by atoms with E-state index in [4.69, 9.17) is 10.3 Å². The highest BCUT2D eigenvalue weighted by Crippen LogP contribution is 2.24. The van der Waals surface area contributed by atoms with Crippen molar-refractivity contribution in [3.63, 3.8) is 0 Å². The van der Waals surface area contributed by atoms with Crippen molar-refractivity contribution < 1.29 is 32.2 Å². The van der Waals surface area contributed by atoms with Crippen molar-refractivity contribution in [2.75, 3.05) is 12.8 Å². The molecule has 0 spiro atoms. The topological polar surface area (TPSA) is 181 Å². The lowest BCUT2D eigenvalue weighted by molar-refractivity contribution is -0.150. The van der Waals surface area contributed by atoms with Crippen molar-refractivity contribution in [1.82, 2.24) is 14.6 Å². The van der Waals surface area contributed by atoms with Crippen LogP contribution in [0.25, 0.3) is 0 Å². The number of thiazole rings is 1. The zero-order valence-electron chi connectivity index (χ0n) is 12.9. The maximum atomic E-state index is 12.3. The molecule has 2 rings (SSSR count). The molecular formula is C11H13N5O7S2. The van der Waals surface area contributed by atoms with Gasteiger partial charge in [-0.1, -0.05) is 5.16 Å². The predicted octanol–water partition coefficient (Wildman–Crippen LogP) is -1.84. The Bertz CT molecular complexity index is 862. The van der Waals surface area contributed by atoms with Crippen LogP contribution in [0.1, 0.15) is 12.6 Å². The molecule has 2 unspecified atom stereocenters. The first-order chi connectivity index (χ1) is 11.6. The average Bonchev–Trinajstić information content (AvgIpc) is 2.91. The second-order valence-electron chi connectivity index (χ2n) is 4.81. The van der Waals surface area contributed by atoms with Crippen LogP contribution in [-0.4, -0.2) is 64.8 Å². The maximum Gasteiger partial charge on any atom is 0.363 e. The number of carbonyl (C=O) groups is 3. The van der Waals surface area contributed by atoms with Gasteiger partial charge in [-0.3, -0.25) is 18.9 Å². The molecule has 4 N–H and O–H groups in total. The van der Waals surface area contributed by atoms with Crippen molar-refractivity contribution in [1.29, 1.82) is 0 Å². The minimum Gasteiger partial charge on any atom is -0.398 e. The zero-order chi connectivity index (χ0) is 18.9. The number of nitrogens with two attached hydrogens (primary N) is 1. The fourth-order valence-electron chi connectivity index (χ4n) is 2.16. The number of nitrogens with zero attached hydrogens (tertiary/aromatic N) is 3. The first-order valence-electron chi connectivity index (χ1n) is 6.52. The van der Waals surface area contributed by atoms with E-state index in [2.05, 4.69) is 20.3 Å². The molecule has 1 aliphatic rings. The highest BCUT2D eigenvalue weighted by atomic mass is 32.2. The van der Waals surface area contributed by atoms with Gasteiger partial charge in [-0.2, -0.15) is 8.42 Å². The van der Waals surface area contributed by atoms with Gasteiger partial charge in [0.2, 0.25) is 0 Å². The SMILES string of the molecule is CO/N=C(\C(=O)NC1C(=O)N(S(=O)(=O)O)C1C(C)=O)c1csc(N)n1. The summed E-state index contributed by atoms with van der Waals surface area (Å²) in [6.45, 7) is 1.01. The maximum absolute atomic E-state index is 12.3. The van der Waals surface area contributed by atoms with E-state index in [1.54, 1.807) is 0 Å². The summed E-state index contributed by atoms with van der Waals surface area (Å²) in [6.07, 6.45) is 0. The quantitative estimate of drug-likeness (QED) is 0.217. The smallest absolute Gasteiger partial charge is 0.363 e. The van der Waals surface area contributed by atoms with Crippen molar-refractivity contribution in [3.05, 3.63) is 11.1 Å². The Morgan fingerprint density at radius 3 is 2.60 bits per heavy atom. The molecule has 1 fully saturated rings. The molecule has 0 saturated carbocycles. The summed E-state index contributed by atoms with van der Waals surface area (Å²) in [5.41, 5.74) is 5.23. The normalized spacial score (nSPS) is 20.8. The Kier molecular flexibility index (Phi) is 5.05. The number of carbonyl (C=O) groups excluding carboxylic acids is 3. The molecule has 0 aromatic carbocycles. The lowest BCUT2D eigenvalue weighted by atomic mass is 9.95. The van der Waals surface area contributed by atoms with E-state index in [1.807, 2.05) is 0 Å². The summed E-state index contributed by atoms with van der Waals surface area (Å²) < 4.78 is 31.3. The first-order valence-corrected chi connectivity index (χ1v) is 8.80. The Morgan fingerprint density at radius 2 is 2.16 bits per heavy atom. The van der Waals surface area contributed by atoms with Gasteiger partial charge >= 0.3 is 10.3 Å². The lowest BCUT2D eigenvalue weighted by Gasteiger charge is -2.42. The highest BCUT2D eigenvalue weighted by molar-refractivity contribution is 7.84. The molecule has 2 atom stereocenters. The summed E-state index contributed by atoms with van der Waals surface area (Å²) >= 11 is 1.03. The second-order valence-corrected chi connectivity index (χ2v) is 6.99. The van der Waals surface area contributed by atoms with Gasteiger partial charge in [0.25, 0.3) is 11.8 Å². The molecule has 1 aromatic rings. The van der Waals surface area contributed by atoms with Gasteiger partial charge in [-0.05, 0) is 6.92 Å². The van der Waals surface area contributed by atoms with Crippen molar-refractivity contribution in [3.8, 4) is 0 Å². The van der Waals surface area contributed by atoms with Crippen LogP contribution in [-0.2, 0) is 29.5 Å². The van der Waals surface area contributed by atoms with Gasteiger partial charge < -0.3 is 15.9 Å². The molecule has 12 nitrogen and oxygen atoms in total. The lowest BCUT2D eigenvalue weighted by Crippen LogP contribution is -2.74. The summed E-state index contributed by atoms with van der Waals surface area (Å²) in [5, 5.41) is 7.25. The van der Waals surface area contributed by atoms with E-state index >= 15 is 0 Å². The van der Waals surface area contributed by atoms with E-state index in [9.17, 15) is 22.8 Å². The molecule has 1 aliphatic heterocycles. The molecule has 1 aromatic heterocycles. The number of amides is 2. The number of rotatable bonds is 6. The van der Waals surface area contributed by atoms with E-state index in [1.165, 1.54) is 12.5 Å². The minimum atomic E-state index is -4.93. The van der Waals surface area contributed by atoms with Crippen LogP contribution in [0.2, 0.25) is 0 Å². The zero-order valence-corrected chi connectivity index (χ0v) is 14.5. The first kappa shape index (κ1) is 18.8. The standard InChI is InChI=1S/C11H13N5O7S2/c1-4(17)8-7(10(19)16(8)25(20,21)22)14-9(18)6(15-23-2)5-3-24-11(12)13-5/h3,7-8H,1-2H3,(H2,12,13)(H,14,18)(H,20,21,22)/b15-6-. The number of hydrogen-bond acceptors (Lipinski definition) is 10. The number of β-lactam (4-membered cyclic amide) rings is 1. The molecule has 0 radical (unpaired) electrons. The molecule has 2 amide bonds. The highest BCUT2D eigenvalue weighted by Gasteiger charge is 2.56. The van der Waals surface area contributed by atoms with Gasteiger partial charge in [0.1, 0.15) is 24.9 Å². The third-order valence-corrected chi connectivity index (χ3v) is 4.74. The van der Waals surface area contributed by atoms with Crippen LogP contribution in [0, 0.1) is 0 Å². The number of hydrogen-bond donors (Lipinski definition) is 3. The molecule has 136 valence electrons. The van der Waals surface area contributed by atoms with Gasteiger partial charge in [0.05, 0.1) is 0 Å². The summed E-state index contributed by atoms with van der Waals surface area (Å²) in [4.78, 5) is 44.2. The van der Waals surface area contributed by atoms with Gasteiger partial charge in [0, 0.05) is 5.38 Å². The number of nitrogen functional groups attached to an aromatic ring is 1. The summed E-state index contributed by atoms with van der Waals surface area (Å²) in [5.74, 6) is -2.84. The molecule has 0 aliphatic carbocycles. The van der Waals surface area contributed by atoms with E-state index < -0.39 is 40.0 Å². The Hall–Kier alpha value is -2.58. The fraction of sp³-hybridized carbons (Fsp3) is 0.364. The van der Waals surface area contributed by atoms with E-state index in [0.29, 0.717) is 0 Å². The van der Waals surface area contributed by atoms with Crippen molar-refractivity contribution >= 4 is 50.1 Å². The van der Waals surface area contributed by atoms with E-state index in [0.717, 1.165) is 18.3 Å². The average molecular weight is 391 g/mol. The van der Waals surface area contributed by atoms with Crippen LogP contribution < -0.4 is 11.1 Å². The van der Waals surface area contributed by atoms with Crippen LogP contribution in [0.4, 0.5) is 5.13 Å². The van der Waals surface area contributed by atoms with Crippen molar-refractivity contribution in [2.24, 2.45) is 5.16 Å². The van der Waals surface area contributed by atoms with Crippen LogP contribution in [0.5, 0.6) is 0 Å². The Balaban J connectivity index is 2.25. The number of anilines is 1. The van der Waals surface area contributed by atoms with Crippen molar-refractivity contribution in [2.45, 2.75) is 19.0 Å². The number of oxime groups is 1. The predicted molar refractivity (Wildman–Crippen MR) is 84.9 cm³/mol. The third-order valence-electron chi connectivity index (χ3n) is 3.17. The number of aromatic nitrogens is 1. The van der Waals surface area contributed by atoms with Gasteiger partial charge in [-0.15, -0.1) is 11.3 Å².